The second kappa shape index (κ2) is 7.44. The Bertz CT molecular complexity index is 929. The maximum atomic E-state index is 12.7. The third-order valence-electron chi connectivity index (χ3n) is 6.30. The molecular weight excluding hydrogens is 418 g/mol. The molecule has 3 aliphatic rings. The molecule has 1 aromatic heterocycles. The van der Waals surface area contributed by atoms with E-state index in [1.165, 1.54) is 16.8 Å². The van der Waals surface area contributed by atoms with Gasteiger partial charge < -0.3 is 9.80 Å². The smallest absolute Gasteiger partial charge is 0.258 e. The van der Waals surface area contributed by atoms with Gasteiger partial charge in [-0.2, -0.15) is 5.10 Å². The molecule has 28 heavy (non-hydrogen) atoms. The van der Waals surface area contributed by atoms with E-state index in [0.717, 1.165) is 64.2 Å². The first-order chi connectivity index (χ1) is 13.7. The largest absolute Gasteiger partial charge is 0.337 e. The van der Waals surface area contributed by atoms with Gasteiger partial charge in [0.15, 0.2) is 0 Å². The third kappa shape index (κ3) is 3.20. The number of piperidine rings is 1. The number of H-pyrrole nitrogens is 1. The molecule has 1 fully saturated rings. The van der Waals surface area contributed by atoms with Crippen molar-refractivity contribution in [2.45, 2.75) is 25.8 Å². The Balaban J connectivity index is 1.15. The Hall–Kier alpha value is -1.99. The standard InChI is InChI=1S/C21H24BrN5O/c22-20-18-17(24-25-20)7-10-27(21(18)28)12-11-26-8-5-14(6-9-26)19-16-4-2-1-3-15(16)13-23-19/h1-4,14H,5-13H2,(H,24,25). The lowest BCUT2D eigenvalue weighted by atomic mass is 9.88. The summed E-state index contributed by atoms with van der Waals surface area (Å²) in [6.45, 7) is 5.48. The lowest BCUT2D eigenvalue weighted by Crippen LogP contribution is -2.44. The molecule has 5 rings (SSSR count). The molecule has 1 saturated heterocycles. The van der Waals surface area contributed by atoms with Gasteiger partial charge in [-0.3, -0.25) is 14.9 Å². The molecule has 4 heterocycles. The number of aromatic nitrogens is 2. The summed E-state index contributed by atoms with van der Waals surface area (Å²) in [6, 6.07) is 8.64. The Labute approximate surface area is 173 Å². The summed E-state index contributed by atoms with van der Waals surface area (Å²) in [4.78, 5) is 22.0. The molecule has 1 amide bonds. The predicted molar refractivity (Wildman–Crippen MR) is 112 cm³/mol. The molecule has 146 valence electrons. The molecule has 0 bridgehead atoms. The Morgan fingerprint density at radius 3 is 2.82 bits per heavy atom. The van der Waals surface area contributed by atoms with E-state index in [-0.39, 0.29) is 5.91 Å². The Morgan fingerprint density at radius 2 is 1.96 bits per heavy atom. The SMILES string of the molecule is O=C1c2c(Br)n[nH]c2CCN1CCN1CCC(C2=NCc3ccccc32)CC1. The van der Waals surface area contributed by atoms with Gasteiger partial charge in [0.05, 0.1) is 17.8 Å². The fraction of sp³-hybridized carbons (Fsp3) is 0.476. The minimum absolute atomic E-state index is 0.0914. The number of carbonyl (C=O) groups excluding carboxylic acids is 1. The average molecular weight is 442 g/mol. The van der Waals surface area contributed by atoms with Crippen LogP contribution >= 0.6 is 15.9 Å². The van der Waals surface area contributed by atoms with Crippen LogP contribution in [-0.4, -0.2) is 64.3 Å². The molecule has 0 atom stereocenters. The molecule has 0 aliphatic carbocycles. The van der Waals surface area contributed by atoms with Gasteiger partial charge in [-0.1, -0.05) is 24.3 Å². The zero-order valence-electron chi connectivity index (χ0n) is 15.8. The highest BCUT2D eigenvalue weighted by Gasteiger charge is 2.31. The highest BCUT2D eigenvalue weighted by Crippen LogP contribution is 2.29. The summed E-state index contributed by atoms with van der Waals surface area (Å²) < 4.78 is 0.635. The van der Waals surface area contributed by atoms with Crippen LogP contribution in [0.3, 0.4) is 0 Å². The van der Waals surface area contributed by atoms with Crippen LogP contribution in [0.4, 0.5) is 0 Å². The van der Waals surface area contributed by atoms with Gasteiger partial charge in [0.25, 0.3) is 5.91 Å². The first kappa shape index (κ1) is 18.1. The minimum atomic E-state index is 0.0914. The molecule has 0 unspecified atom stereocenters. The predicted octanol–water partition coefficient (Wildman–Crippen LogP) is 2.89. The number of nitrogens with zero attached hydrogens (tertiary/aromatic N) is 4. The number of carbonyl (C=O) groups is 1. The Kier molecular flexibility index (Phi) is 4.80. The maximum absolute atomic E-state index is 12.7. The van der Waals surface area contributed by atoms with Crippen LogP contribution in [0.1, 0.15) is 40.0 Å². The molecule has 0 radical (unpaired) electrons. The number of benzene rings is 1. The average Bonchev–Trinajstić information content (AvgIpc) is 3.32. The van der Waals surface area contributed by atoms with Crippen LogP contribution in [0, 0.1) is 5.92 Å². The number of fused-ring (bicyclic) bond motifs is 2. The monoisotopic (exact) mass is 441 g/mol. The van der Waals surface area contributed by atoms with Crippen LogP contribution in [-0.2, 0) is 13.0 Å². The molecule has 7 heteroatoms. The summed E-state index contributed by atoms with van der Waals surface area (Å²) in [5.74, 6) is 0.662. The van der Waals surface area contributed by atoms with Crippen LogP contribution in [0.25, 0.3) is 0 Å². The lowest BCUT2D eigenvalue weighted by Gasteiger charge is -2.34. The minimum Gasteiger partial charge on any atom is -0.337 e. The molecule has 6 nitrogen and oxygen atoms in total. The van der Waals surface area contributed by atoms with Crippen LogP contribution in [0.15, 0.2) is 33.9 Å². The zero-order chi connectivity index (χ0) is 19.1. The van der Waals surface area contributed by atoms with E-state index in [1.807, 2.05) is 4.90 Å². The number of amides is 1. The maximum Gasteiger partial charge on any atom is 0.258 e. The topological polar surface area (TPSA) is 64.6 Å². The first-order valence-corrected chi connectivity index (χ1v) is 10.9. The van der Waals surface area contributed by atoms with Crippen LogP contribution in [0.2, 0.25) is 0 Å². The Morgan fingerprint density at radius 1 is 1.14 bits per heavy atom. The summed E-state index contributed by atoms with van der Waals surface area (Å²) in [5, 5.41) is 7.07. The van der Waals surface area contributed by atoms with Crippen LogP contribution < -0.4 is 0 Å². The van der Waals surface area contributed by atoms with Crippen molar-refractivity contribution < 1.29 is 4.79 Å². The van der Waals surface area contributed by atoms with Crippen molar-refractivity contribution in [2.24, 2.45) is 10.9 Å². The van der Waals surface area contributed by atoms with Crippen molar-refractivity contribution in [3.63, 3.8) is 0 Å². The van der Waals surface area contributed by atoms with E-state index < -0.39 is 0 Å². The normalized spacial score (nSPS) is 20.2. The number of rotatable bonds is 4. The number of likely N-dealkylation sites (tertiary alicyclic amines) is 1. The van der Waals surface area contributed by atoms with Gasteiger partial charge in [-0.25, -0.2) is 0 Å². The van der Waals surface area contributed by atoms with Crippen molar-refractivity contribution in [2.75, 3.05) is 32.7 Å². The highest BCUT2D eigenvalue weighted by atomic mass is 79.9. The highest BCUT2D eigenvalue weighted by molar-refractivity contribution is 9.10. The van der Waals surface area contributed by atoms with Crippen LogP contribution in [0.5, 0.6) is 0 Å². The van der Waals surface area contributed by atoms with E-state index in [1.54, 1.807) is 0 Å². The third-order valence-corrected chi connectivity index (χ3v) is 6.88. The van der Waals surface area contributed by atoms with Crippen molar-refractivity contribution in [1.82, 2.24) is 20.0 Å². The molecular formula is C21H24BrN5O. The fourth-order valence-corrected chi connectivity index (χ4v) is 5.17. The number of hydrogen-bond acceptors (Lipinski definition) is 4. The number of halogens is 1. The second-order valence-corrected chi connectivity index (χ2v) is 8.64. The lowest BCUT2D eigenvalue weighted by molar-refractivity contribution is 0.0709. The summed E-state index contributed by atoms with van der Waals surface area (Å²) in [7, 11) is 0. The fourth-order valence-electron chi connectivity index (χ4n) is 4.68. The molecule has 3 aliphatic heterocycles. The van der Waals surface area contributed by atoms with E-state index in [0.29, 0.717) is 16.1 Å². The molecule has 0 spiro atoms. The summed E-state index contributed by atoms with van der Waals surface area (Å²) in [6.07, 6.45) is 3.15. The molecule has 1 N–H and O–H groups in total. The molecule has 0 saturated carbocycles. The quantitative estimate of drug-likeness (QED) is 0.792. The number of nitrogens with one attached hydrogen (secondary N) is 1. The van der Waals surface area contributed by atoms with E-state index in [2.05, 4.69) is 55.3 Å². The molecule has 1 aromatic carbocycles. The zero-order valence-corrected chi connectivity index (χ0v) is 17.4. The van der Waals surface area contributed by atoms with Gasteiger partial charge >= 0.3 is 0 Å². The van der Waals surface area contributed by atoms with Crippen molar-refractivity contribution in [3.8, 4) is 0 Å². The van der Waals surface area contributed by atoms with Gasteiger partial charge in [-0.05, 0) is 47.4 Å². The summed E-state index contributed by atoms with van der Waals surface area (Å²) in [5.41, 5.74) is 5.71. The van der Waals surface area contributed by atoms with E-state index in [9.17, 15) is 4.79 Å². The van der Waals surface area contributed by atoms with E-state index >= 15 is 0 Å². The number of hydrogen-bond donors (Lipinski definition) is 1. The number of aliphatic imine (C=N–C) groups is 1. The van der Waals surface area contributed by atoms with Crippen molar-refractivity contribution in [1.29, 1.82) is 0 Å². The number of aromatic amines is 1. The first-order valence-electron chi connectivity index (χ1n) is 10.1. The van der Waals surface area contributed by atoms with Crippen molar-refractivity contribution in [3.05, 3.63) is 51.3 Å². The van der Waals surface area contributed by atoms with Gasteiger partial charge in [0.1, 0.15) is 4.60 Å². The molecule has 2 aromatic rings. The van der Waals surface area contributed by atoms with Crippen molar-refractivity contribution >= 4 is 27.5 Å². The van der Waals surface area contributed by atoms with E-state index in [4.69, 9.17) is 4.99 Å². The summed E-state index contributed by atoms with van der Waals surface area (Å²) >= 11 is 3.39. The van der Waals surface area contributed by atoms with Gasteiger partial charge in [-0.15, -0.1) is 0 Å². The van der Waals surface area contributed by atoms with Gasteiger partial charge in [0.2, 0.25) is 0 Å². The van der Waals surface area contributed by atoms with Gasteiger partial charge in [0, 0.05) is 43.2 Å². The second-order valence-electron chi connectivity index (χ2n) is 7.88.